The van der Waals surface area contributed by atoms with Crippen LogP contribution in [-0.4, -0.2) is 39.7 Å². The SMILES string of the molecule is O=C(O)C(=O)O.c1ccc2c(CCNC3CC4CCC3C4)c[nH]c2c1. The second-order valence-electron chi connectivity index (χ2n) is 6.96. The third-order valence-corrected chi connectivity index (χ3v) is 5.40. The number of hydrogen-bond donors (Lipinski definition) is 4. The summed E-state index contributed by atoms with van der Waals surface area (Å²) in [6, 6.07) is 9.41. The van der Waals surface area contributed by atoms with Gasteiger partial charge in [-0.1, -0.05) is 24.6 Å². The lowest BCUT2D eigenvalue weighted by Crippen LogP contribution is -2.35. The van der Waals surface area contributed by atoms with E-state index >= 15 is 0 Å². The summed E-state index contributed by atoms with van der Waals surface area (Å²) in [6.45, 7) is 1.12. The smallest absolute Gasteiger partial charge is 0.414 e. The first-order chi connectivity index (χ1) is 12.0. The molecule has 1 aromatic heterocycles. The van der Waals surface area contributed by atoms with Crippen LogP contribution in [0.25, 0.3) is 10.9 Å². The lowest BCUT2D eigenvalue weighted by Gasteiger charge is -2.22. The maximum Gasteiger partial charge on any atom is 0.414 e. The quantitative estimate of drug-likeness (QED) is 0.639. The highest BCUT2D eigenvalue weighted by Gasteiger charge is 2.38. The van der Waals surface area contributed by atoms with E-state index in [4.69, 9.17) is 19.8 Å². The Morgan fingerprint density at radius 1 is 1.12 bits per heavy atom. The van der Waals surface area contributed by atoms with E-state index in [1.54, 1.807) is 0 Å². The van der Waals surface area contributed by atoms with Crippen molar-refractivity contribution in [3.63, 3.8) is 0 Å². The zero-order valence-corrected chi connectivity index (χ0v) is 14.1. The fourth-order valence-electron chi connectivity index (χ4n) is 4.23. The van der Waals surface area contributed by atoms with Crippen molar-refractivity contribution in [2.45, 2.75) is 38.1 Å². The van der Waals surface area contributed by atoms with Crippen LogP contribution in [-0.2, 0) is 16.0 Å². The molecule has 4 rings (SSSR count). The van der Waals surface area contributed by atoms with Gasteiger partial charge >= 0.3 is 11.9 Å². The molecule has 2 aliphatic carbocycles. The van der Waals surface area contributed by atoms with Crippen LogP contribution >= 0.6 is 0 Å². The first kappa shape index (κ1) is 17.5. The van der Waals surface area contributed by atoms with E-state index in [0.29, 0.717) is 0 Å². The van der Waals surface area contributed by atoms with E-state index in [2.05, 4.69) is 40.8 Å². The molecule has 134 valence electrons. The summed E-state index contributed by atoms with van der Waals surface area (Å²) in [7, 11) is 0. The summed E-state index contributed by atoms with van der Waals surface area (Å²) in [6.07, 6.45) is 9.19. The number of carboxylic acid groups (broad SMARTS) is 2. The Kier molecular flexibility index (Phi) is 5.38. The van der Waals surface area contributed by atoms with Gasteiger partial charge in [-0.15, -0.1) is 0 Å². The van der Waals surface area contributed by atoms with Crippen LogP contribution in [0.15, 0.2) is 30.5 Å². The van der Waals surface area contributed by atoms with Gasteiger partial charge in [0, 0.05) is 23.1 Å². The van der Waals surface area contributed by atoms with Gasteiger partial charge in [-0.05, 0) is 55.7 Å². The lowest BCUT2D eigenvalue weighted by atomic mass is 9.95. The fraction of sp³-hybridized carbons (Fsp3) is 0.474. The van der Waals surface area contributed by atoms with Gasteiger partial charge in [0.25, 0.3) is 0 Å². The summed E-state index contributed by atoms with van der Waals surface area (Å²) >= 11 is 0. The maximum absolute atomic E-state index is 9.10. The van der Waals surface area contributed by atoms with Crippen molar-refractivity contribution in [1.29, 1.82) is 0 Å². The molecule has 2 bridgehead atoms. The number of rotatable bonds is 4. The number of H-pyrrole nitrogens is 1. The summed E-state index contributed by atoms with van der Waals surface area (Å²) in [4.78, 5) is 21.6. The average Bonchev–Trinajstić information content (AvgIpc) is 3.31. The van der Waals surface area contributed by atoms with Crippen LogP contribution in [0.2, 0.25) is 0 Å². The number of fused-ring (bicyclic) bond motifs is 3. The van der Waals surface area contributed by atoms with Crippen molar-refractivity contribution >= 4 is 22.8 Å². The van der Waals surface area contributed by atoms with E-state index in [1.165, 1.54) is 42.1 Å². The minimum absolute atomic E-state index is 0.809. The highest BCUT2D eigenvalue weighted by Crippen LogP contribution is 2.44. The van der Waals surface area contributed by atoms with Gasteiger partial charge in [0.2, 0.25) is 0 Å². The third-order valence-electron chi connectivity index (χ3n) is 5.40. The molecular weight excluding hydrogens is 320 g/mol. The Balaban J connectivity index is 0.000000265. The third kappa shape index (κ3) is 4.20. The molecule has 3 atom stereocenters. The molecule has 0 spiro atoms. The van der Waals surface area contributed by atoms with E-state index in [9.17, 15) is 0 Å². The molecule has 2 aromatic rings. The molecule has 0 radical (unpaired) electrons. The van der Waals surface area contributed by atoms with Crippen LogP contribution < -0.4 is 5.32 Å². The van der Waals surface area contributed by atoms with Crippen molar-refractivity contribution in [3.8, 4) is 0 Å². The predicted octanol–water partition coefficient (Wildman–Crippen LogP) is 2.64. The number of carbonyl (C=O) groups is 2. The first-order valence-electron chi connectivity index (χ1n) is 8.79. The summed E-state index contributed by atoms with van der Waals surface area (Å²) in [5, 5.41) is 20.0. The monoisotopic (exact) mass is 344 g/mol. The lowest BCUT2D eigenvalue weighted by molar-refractivity contribution is -0.159. The number of aliphatic carboxylic acids is 2. The molecule has 25 heavy (non-hydrogen) atoms. The molecule has 0 saturated heterocycles. The molecule has 0 amide bonds. The van der Waals surface area contributed by atoms with E-state index < -0.39 is 11.9 Å². The van der Waals surface area contributed by atoms with E-state index in [0.717, 1.165) is 30.8 Å². The Hall–Kier alpha value is -2.34. The van der Waals surface area contributed by atoms with Crippen LogP contribution in [0.4, 0.5) is 0 Å². The average molecular weight is 344 g/mol. The van der Waals surface area contributed by atoms with Gasteiger partial charge in [-0.2, -0.15) is 0 Å². The zero-order valence-electron chi connectivity index (χ0n) is 14.1. The topological polar surface area (TPSA) is 102 Å². The number of nitrogens with one attached hydrogen (secondary N) is 2. The molecule has 1 aromatic carbocycles. The molecule has 6 heteroatoms. The van der Waals surface area contributed by atoms with E-state index in [1.807, 2.05) is 0 Å². The van der Waals surface area contributed by atoms with Crippen LogP contribution in [0.1, 0.15) is 31.2 Å². The molecule has 3 unspecified atom stereocenters. The molecular formula is C19H24N2O4. The highest BCUT2D eigenvalue weighted by molar-refractivity contribution is 6.27. The molecule has 2 aliphatic rings. The van der Waals surface area contributed by atoms with Crippen LogP contribution in [0, 0.1) is 11.8 Å². The number of carboxylic acids is 2. The largest absolute Gasteiger partial charge is 0.473 e. The van der Waals surface area contributed by atoms with Gasteiger partial charge in [0.15, 0.2) is 0 Å². The number of aromatic amines is 1. The van der Waals surface area contributed by atoms with Crippen molar-refractivity contribution in [2.75, 3.05) is 6.54 Å². The minimum Gasteiger partial charge on any atom is -0.473 e. The maximum atomic E-state index is 9.10. The molecule has 6 nitrogen and oxygen atoms in total. The Bertz CT molecular complexity index is 743. The summed E-state index contributed by atoms with van der Waals surface area (Å²) < 4.78 is 0. The van der Waals surface area contributed by atoms with Gasteiger partial charge < -0.3 is 20.5 Å². The number of para-hydroxylation sites is 1. The van der Waals surface area contributed by atoms with Gasteiger partial charge in [-0.3, -0.25) is 0 Å². The van der Waals surface area contributed by atoms with Crippen LogP contribution in [0.5, 0.6) is 0 Å². The number of benzene rings is 1. The Morgan fingerprint density at radius 3 is 2.52 bits per heavy atom. The zero-order chi connectivity index (χ0) is 17.8. The number of hydrogen-bond acceptors (Lipinski definition) is 3. The fourth-order valence-corrected chi connectivity index (χ4v) is 4.23. The molecule has 1 heterocycles. The second-order valence-corrected chi connectivity index (χ2v) is 6.96. The standard InChI is InChI=1S/C17H22N2.C2H2O4/c1-2-4-16-15(3-1)14(11-19-16)7-8-18-17-10-12-5-6-13(17)9-12;3-1(4)2(5)6/h1-4,11-13,17-19H,5-10H2;(H,3,4)(H,5,6). The minimum atomic E-state index is -1.82. The highest BCUT2D eigenvalue weighted by atomic mass is 16.4. The number of aromatic nitrogens is 1. The normalized spacial score (nSPS) is 24.1. The van der Waals surface area contributed by atoms with Gasteiger partial charge in [-0.25, -0.2) is 9.59 Å². The molecule has 0 aliphatic heterocycles. The Labute approximate surface area is 146 Å². The van der Waals surface area contributed by atoms with E-state index in [-0.39, 0.29) is 0 Å². The molecule has 2 fully saturated rings. The predicted molar refractivity (Wildman–Crippen MR) is 94.5 cm³/mol. The van der Waals surface area contributed by atoms with Gasteiger partial charge in [0.1, 0.15) is 0 Å². The summed E-state index contributed by atoms with van der Waals surface area (Å²) in [5.74, 6) is -1.63. The van der Waals surface area contributed by atoms with Gasteiger partial charge in [0.05, 0.1) is 0 Å². The van der Waals surface area contributed by atoms with Crippen LogP contribution in [0.3, 0.4) is 0 Å². The second kappa shape index (κ2) is 7.70. The molecule has 4 N–H and O–H groups in total. The summed E-state index contributed by atoms with van der Waals surface area (Å²) in [5.41, 5.74) is 2.71. The first-order valence-corrected chi connectivity index (χ1v) is 8.79. The Morgan fingerprint density at radius 2 is 1.88 bits per heavy atom. The molecule has 2 saturated carbocycles. The van der Waals surface area contributed by atoms with Crippen molar-refractivity contribution in [1.82, 2.24) is 10.3 Å². The van der Waals surface area contributed by atoms with Crippen molar-refractivity contribution in [3.05, 3.63) is 36.0 Å². The van der Waals surface area contributed by atoms with Crippen molar-refractivity contribution in [2.24, 2.45) is 11.8 Å². The van der Waals surface area contributed by atoms with Crippen molar-refractivity contribution < 1.29 is 19.8 Å².